The summed E-state index contributed by atoms with van der Waals surface area (Å²) in [7, 11) is 0. The van der Waals surface area contributed by atoms with Gasteiger partial charge < -0.3 is 10.2 Å². The van der Waals surface area contributed by atoms with Gasteiger partial charge >= 0.3 is 0 Å². The van der Waals surface area contributed by atoms with Gasteiger partial charge in [0, 0.05) is 12.6 Å². The highest BCUT2D eigenvalue weighted by Crippen LogP contribution is 2.18. The van der Waals surface area contributed by atoms with E-state index < -0.39 is 0 Å². The predicted octanol–water partition coefficient (Wildman–Crippen LogP) is 2.34. The van der Waals surface area contributed by atoms with Gasteiger partial charge in [0.15, 0.2) is 0 Å². The zero-order valence-electron chi connectivity index (χ0n) is 11.1. The minimum atomic E-state index is 0.396. The van der Waals surface area contributed by atoms with Crippen molar-refractivity contribution in [3.63, 3.8) is 0 Å². The van der Waals surface area contributed by atoms with Crippen LogP contribution in [-0.4, -0.2) is 35.6 Å². The molecule has 1 N–H and O–H groups in total. The summed E-state index contributed by atoms with van der Waals surface area (Å²) in [5.74, 6) is 1.46. The van der Waals surface area contributed by atoms with E-state index in [0.29, 0.717) is 17.0 Å². The molecule has 100 valence electrons. The number of halogens is 1. The zero-order chi connectivity index (χ0) is 13.0. The van der Waals surface area contributed by atoms with Crippen LogP contribution in [0.5, 0.6) is 0 Å². The van der Waals surface area contributed by atoms with Gasteiger partial charge in [-0.2, -0.15) is 0 Å². The van der Waals surface area contributed by atoms with Crippen LogP contribution in [0.2, 0.25) is 5.02 Å². The third kappa shape index (κ3) is 3.56. The Labute approximate surface area is 114 Å². The van der Waals surface area contributed by atoms with Gasteiger partial charge in [-0.3, -0.25) is 0 Å². The molecule has 1 saturated heterocycles. The van der Waals surface area contributed by atoms with Crippen LogP contribution in [0.15, 0.2) is 12.4 Å². The average molecular weight is 269 g/mol. The first-order valence-electron chi connectivity index (χ1n) is 6.61. The van der Waals surface area contributed by atoms with E-state index in [0.717, 1.165) is 25.6 Å². The lowest BCUT2D eigenvalue weighted by atomic mass is 9.99. The van der Waals surface area contributed by atoms with E-state index in [2.05, 4.69) is 34.0 Å². The van der Waals surface area contributed by atoms with Gasteiger partial charge in [-0.15, -0.1) is 0 Å². The minimum Gasteiger partial charge on any atom is -0.338 e. The SMILES string of the molecule is CC(C)N(CC1CCCNC1)c1ncc(Cl)cn1. The lowest BCUT2D eigenvalue weighted by molar-refractivity contribution is 0.369. The Morgan fingerprint density at radius 3 is 2.72 bits per heavy atom. The summed E-state index contributed by atoms with van der Waals surface area (Å²) in [5, 5.41) is 4.04. The first-order valence-corrected chi connectivity index (χ1v) is 6.99. The smallest absolute Gasteiger partial charge is 0.225 e. The molecule has 2 heterocycles. The molecule has 4 nitrogen and oxygen atoms in total. The topological polar surface area (TPSA) is 41.0 Å². The van der Waals surface area contributed by atoms with E-state index >= 15 is 0 Å². The van der Waals surface area contributed by atoms with Crippen molar-refractivity contribution in [1.82, 2.24) is 15.3 Å². The van der Waals surface area contributed by atoms with Gasteiger partial charge in [-0.1, -0.05) is 11.6 Å². The fourth-order valence-electron chi connectivity index (χ4n) is 2.34. The molecule has 0 radical (unpaired) electrons. The van der Waals surface area contributed by atoms with E-state index in [1.54, 1.807) is 12.4 Å². The fourth-order valence-corrected chi connectivity index (χ4v) is 2.43. The molecule has 0 saturated carbocycles. The molecular weight excluding hydrogens is 248 g/mol. The first kappa shape index (κ1) is 13.6. The van der Waals surface area contributed by atoms with E-state index in [1.807, 2.05) is 0 Å². The number of nitrogens with zero attached hydrogens (tertiary/aromatic N) is 3. The van der Waals surface area contributed by atoms with Gasteiger partial charge in [-0.25, -0.2) is 9.97 Å². The zero-order valence-corrected chi connectivity index (χ0v) is 11.8. The van der Waals surface area contributed by atoms with Crippen LogP contribution in [0, 0.1) is 5.92 Å². The number of nitrogens with one attached hydrogen (secondary N) is 1. The van der Waals surface area contributed by atoms with Gasteiger partial charge in [0.1, 0.15) is 0 Å². The molecule has 1 aliphatic rings. The molecule has 0 aliphatic carbocycles. The van der Waals surface area contributed by atoms with E-state index in [4.69, 9.17) is 11.6 Å². The Balaban J connectivity index is 2.05. The van der Waals surface area contributed by atoms with Crippen LogP contribution in [0.4, 0.5) is 5.95 Å². The molecule has 5 heteroatoms. The minimum absolute atomic E-state index is 0.396. The number of rotatable bonds is 4. The summed E-state index contributed by atoms with van der Waals surface area (Å²) in [6.45, 7) is 7.60. The maximum Gasteiger partial charge on any atom is 0.225 e. The van der Waals surface area contributed by atoms with Crippen LogP contribution < -0.4 is 10.2 Å². The van der Waals surface area contributed by atoms with Crippen molar-refractivity contribution in [2.24, 2.45) is 5.92 Å². The summed E-state index contributed by atoms with van der Waals surface area (Å²) in [5.41, 5.74) is 0. The molecule has 1 aromatic rings. The first-order chi connectivity index (χ1) is 8.66. The summed E-state index contributed by atoms with van der Waals surface area (Å²) >= 11 is 5.83. The highest BCUT2D eigenvalue weighted by Gasteiger charge is 2.20. The van der Waals surface area contributed by atoms with Gasteiger partial charge in [-0.05, 0) is 45.7 Å². The van der Waals surface area contributed by atoms with Crippen LogP contribution in [0.3, 0.4) is 0 Å². The van der Waals surface area contributed by atoms with Crippen molar-refractivity contribution in [2.45, 2.75) is 32.7 Å². The van der Waals surface area contributed by atoms with Crippen molar-refractivity contribution in [3.05, 3.63) is 17.4 Å². The second-order valence-electron chi connectivity index (χ2n) is 5.16. The molecule has 0 spiro atoms. The number of anilines is 1. The maximum atomic E-state index is 5.83. The number of aromatic nitrogens is 2. The Morgan fingerprint density at radius 1 is 1.44 bits per heavy atom. The van der Waals surface area contributed by atoms with Gasteiger partial charge in [0.25, 0.3) is 0 Å². The Bertz CT molecular complexity index is 360. The fraction of sp³-hybridized carbons (Fsp3) is 0.692. The third-order valence-electron chi connectivity index (χ3n) is 3.34. The van der Waals surface area contributed by atoms with E-state index in [-0.39, 0.29) is 0 Å². The second-order valence-corrected chi connectivity index (χ2v) is 5.60. The molecule has 1 fully saturated rings. The monoisotopic (exact) mass is 268 g/mol. The normalized spacial score (nSPS) is 20.1. The molecule has 0 amide bonds. The van der Waals surface area contributed by atoms with Crippen molar-refractivity contribution in [3.8, 4) is 0 Å². The predicted molar refractivity (Wildman–Crippen MR) is 75.1 cm³/mol. The van der Waals surface area contributed by atoms with Crippen LogP contribution in [0.1, 0.15) is 26.7 Å². The van der Waals surface area contributed by atoms with Crippen molar-refractivity contribution in [2.75, 3.05) is 24.5 Å². The Hall–Kier alpha value is -0.870. The molecule has 1 aromatic heterocycles. The molecule has 1 aliphatic heterocycles. The number of piperidine rings is 1. The van der Waals surface area contributed by atoms with E-state index in [9.17, 15) is 0 Å². The molecule has 1 atom stereocenters. The maximum absolute atomic E-state index is 5.83. The standard InChI is InChI=1S/C13H21ClN4/c1-10(2)18(9-11-4-3-5-15-6-11)13-16-7-12(14)8-17-13/h7-8,10-11,15H,3-6,9H2,1-2H3. The second kappa shape index (κ2) is 6.34. The van der Waals surface area contributed by atoms with Crippen molar-refractivity contribution < 1.29 is 0 Å². The summed E-state index contributed by atoms with van der Waals surface area (Å²) in [6.07, 6.45) is 5.87. The molecule has 2 rings (SSSR count). The van der Waals surface area contributed by atoms with E-state index in [1.165, 1.54) is 12.8 Å². The average Bonchev–Trinajstić information content (AvgIpc) is 2.38. The molecular formula is C13H21ClN4. The van der Waals surface area contributed by atoms with Crippen LogP contribution in [0.25, 0.3) is 0 Å². The van der Waals surface area contributed by atoms with Crippen LogP contribution >= 0.6 is 11.6 Å². The van der Waals surface area contributed by atoms with Gasteiger partial charge in [0.05, 0.1) is 17.4 Å². The lowest BCUT2D eigenvalue weighted by Crippen LogP contribution is -2.42. The molecule has 18 heavy (non-hydrogen) atoms. The Morgan fingerprint density at radius 2 is 2.17 bits per heavy atom. The van der Waals surface area contributed by atoms with Crippen LogP contribution in [-0.2, 0) is 0 Å². The molecule has 0 aromatic carbocycles. The molecule has 0 bridgehead atoms. The molecule has 1 unspecified atom stereocenters. The third-order valence-corrected chi connectivity index (χ3v) is 3.54. The van der Waals surface area contributed by atoms with Crippen molar-refractivity contribution >= 4 is 17.5 Å². The lowest BCUT2D eigenvalue weighted by Gasteiger charge is -2.32. The Kier molecular flexibility index (Phi) is 4.78. The summed E-state index contributed by atoms with van der Waals surface area (Å²) < 4.78 is 0. The van der Waals surface area contributed by atoms with Gasteiger partial charge in [0.2, 0.25) is 5.95 Å². The highest BCUT2D eigenvalue weighted by molar-refractivity contribution is 6.30. The summed E-state index contributed by atoms with van der Waals surface area (Å²) in [4.78, 5) is 10.9. The quantitative estimate of drug-likeness (QED) is 0.910. The number of hydrogen-bond acceptors (Lipinski definition) is 4. The summed E-state index contributed by atoms with van der Waals surface area (Å²) in [6, 6.07) is 0.396. The highest BCUT2D eigenvalue weighted by atomic mass is 35.5. The van der Waals surface area contributed by atoms with Crippen molar-refractivity contribution in [1.29, 1.82) is 0 Å². The largest absolute Gasteiger partial charge is 0.338 e. The number of hydrogen-bond donors (Lipinski definition) is 1.